The maximum atomic E-state index is 11.2. The highest BCUT2D eigenvalue weighted by molar-refractivity contribution is 9.10. The van der Waals surface area contributed by atoms with Gasteiger partial charge in [0.25, 0.3) is 0 Å². The van der Waals surface area contributed by atoms with Crippen molar-refractivity contribution in [3.05, 3.63) is 21.6 Å². The fourth-order valence-corrected chi connectivity index (χ4v) is 1.70. The Hall–Kier alpha value is -0.940. The van der Waals surface area contributed by atoms with Crippen LogP contribution in [0.4, 0.5) is 5.69 Å². The van der Waals surface area contributed by atoms with Crippen LogP contribution >= 0.6 is 27.5 Å². The number of benzene rings is 1. The van der Waals surface area contributed by atoms with Crippen molar-refractivity contribution in [2.45, 2.75) is 20.8 Å². The minimum Gasteiger partial charge on any atom is -0.495 e. The molecule has 19 heavy (non-hydrogen) atoms. The minimum absolute atomic E-state index is 0.0716. The van der Waals surface area contributed by atoms with Crippen molar-refractivity contribution < 1.29 is 14.3 Å². The molecule has 4 nitrogen and oxygen atoms in total. The Bertz CT molecular complexity index is 413. The highest BCUT2D eigenvalue weighted by Crippen LogP contribution is 2.34. The molecule has 0 unspecified atom stereocenters. The third-order valence-electron chi connectivity index (χ3n) is 1.97. The lowest BCUT2D eigenvalue weighted by Crippen LogP contribution is -2.17. The molecule has 0 fully saturated rings. The summed E-state index contributed by atoms with van der Waals surface area (Å²) in [5, 5.41) is 3.45. The van der Waals surface area contributed by atoms with Gasteiger partial charge in [-0.2, -0.15) is 0 Å². The van der Waals surface area contributed by atoms with Crippen LogP contribution in [0.3, 0.4) is 0 Å². The van der Waals surface area contributed by atoms with Crippen molar-refractivity contribution in [2.75, 3.05) is 25.6 Å². The first-order chi connectivity index (χ1) is 9.08. The molecule has 0 aliphatic carbocycles. The van der Waals surface area contributed by atoms with Crippen molar-refractivity contribution in [1.82, 2.24) is 0 Å². The third kappa shape index (κ3) is 6.16. The molecule has 1 N–H and O–H groups in total. The van der Waals surface area contributed by atoms with E-state index in [4.69, 9.17) is 21.1 Å². The van der Waals surface area contributed by atoms with Crippen LogP contribution < -0.4 is 10.1 Å². The number of carbonyl (C=O) groups excluding carboxylic acids is 1. The van der Waals surface area contributed by atoms with Gasteiger partial charge in [-0.3, -0.25) is 4.79 Å². The topological polar surface area (TPSA) is 47.6 Å². The normalized spacial score (nSPS) is 9.16. The molecule has 0 atom stereocenters. The molecule has 0 spiro atoms. The van der Waals surface area contributed by atoms with E-state index in [1.807, 2.05) is 13.8 Å². The predicted molar refractivity (Wildman–Crippen MR) is 82.2 cm³/mol. The van der Waals surface area contributed by atoms with Crippen LogP contribution in [0, 0.1) is 0 Å². The van der Waals surface area contributed by atoms with E-state index in [0.29, 0.717) is 23.1 Å². The molecule has 0 radical (unpaired) electrons. The van der Waals surface area contributed by atoms with E-state index < -0.39 is 0 Å². The molecule has 0 amide bonds. The highest BCUT2D eigenvalue weighted by atomic mass is 79.9. The molecular formula is C13H19BrClNO3. The smallest absolute Gasteiger partial charge is 0.325 e. The third-order valence-corrected chi connectivity index (χ3v) is 3.17. The number of ether oxygens (including phenoxy) is 2. The summed E-state index contributed by atoms with van der Waals surface area (Å²) >= 11 is 9.26. The van der Waals surface area contributed by atoms with Gasteiger partial charge in [0.1, 0.15) is 12.3 Å². The number of rotatable bonds is 5. The Morgan fingerprint density at radius 1 is 1.42 bits per heavy atom. The van der Waals surface area contributed by atoms with Crippen LogP contribution in [0.5, 0.6) is 5.75 Å². The average Bonchev–Trinajstić information content (AvgIpc) is 2.42. The van der Waals surface area contributed by atoms with Crippen LogP contribution in [0.1, 0.15) is 20.8 Å². The second kappa shape index (κ2) is 9.92. The number of hydrogen-bond acceptors (Lipinski definition) is 4. The van der Waals surface area contributed by atoms with Gasteiger partial charge < -0.3 is 14.8 Å². The number of carbonyl (C=O) groups is 1. The van der Waals surface area contributed by atoms with E-state index in [0.717, 1.165) is 4.47 Å². The van der Waals surface area contributed by atoms with Gasteiger partial charge in [-0.1, -0.05) is 25.4 Å². The number of anilines is 1. The lowest BCUT2D eigenvalue weighted by molar-refractivity contribution is -0.140. The summed E-state index contributed by atoms with van der Waals surface area (Å²) in [4.78, 5) is 11.2. The van der Waals surface area contributed by atoms with Crippen LogP contribution in [-0.2, 0) is 9.53 Å². The molecule has 1 aromatic rings. The van der Waals surface area contributed by atoms with E-state index in [1.54, 1.807) is 26.2 Å². The molecule has 0 aliphatic heterocycles. The van der Waals surface area contributed by atoms with Crippen LogP contribution in [0.15, 0.2) is 16.6 Å². The predicted octanol–water partition coefficient (Wildman–Crippen LogP) is 4.11. The number of nitrogens with one attached hydrogen (secondary N) is 1. The standard InChI is InChI=1S/C11H13BrClNO3.C2H6/c1-3-17-11(15)6-14-9-5-8(13)7(12)4-10(9)16-2;1-2/h4-5,14H,3,6H2,1-2H3;1-2H3. The zero-order valence-electron chi connectivity index (χ0n) is 11.5. The summed E-state index contributed by atoms with van der Waals surface area (Å²) in [7, 11) is 1.55. The van der Waals surface area contributed by atoms with Crippen LogP contribution in [-0.4, -0.2) is 26.2 Å². The first-order valence-corrected chi connectivity index (χ1v) is 7.18. The van der Waals surface area contributed by atoms with E-state index in [1.165, 1.54) is 0 Å². The Morgan fingerprint density at radius 2 is 2.05 bits per heavy atom. The van der Waals surface area contributed by atoms with E-state index >= 15 is 0 Å². The fraction of sp³-hybridized carbons (Fsp3) is 0.462. The Balaban J connectivity index is 0.00000154. The molecule has 0 bridgehead atoms. The molecular weight excluding hydrogens is 334 g/mol. The van der Waals surface area contributed by atoms with Gasteiger partial charge in [-0.15, -0.1) is 0 Å². The minimum atomic E-state index is -0.325. The monoisotopic (exact) mass is 351 g/mol. The van der Waals surface area contributed by atoms with Crippen LogP contribution in [0.2, 0.25) is 5.02 Å². The lowest BCUT2D eigenvalue weighted by Gasteiger charge is -2.12. The zero-order chi connectivity index (χ0) is 14.8. The lowest BCUT2D eigenvalue weighted by atomic mass is 10.3. The number of halogens is 2. The second-order valence-corrected chi connectivity index (χ2v) is 4.39. The maximum absolute atomic E-state index is 11.2. The number of hydrogen-bond donors (Lipinski definition) is 1. The maximum Gasteiger partial charge on any atom is 0.325 e. The zero-order valence-corrected chi connectivity index (χ0v) is 13.9. The molecule has 0 saturated carbocycles. The Kier molecular flexibility index (Phi) is 9.43. The largest absolute Gasteiger partial charge is 0.495 e. The van der Waals surface area contributed by atoms with E-state index in [-0.39, 0.29) is 12.5 Å². The molecule has 0 aromatic heterocycles. The van der Waals surface area contributed by atoms with Gasteiger partial charge in [0.05, 0.1) is 24.4 Å². The van der Waals surface area contributed by atoms with Crippen molar-refractivity contribution >= 4 is 39.2 Å². The van der Waals surface area contributed by atoms with Crippen molar-refractivity contribution in [3.63, 3.8) is 0 Å². The first kappa shape index (κ1) is 18.1. The Morgan fingerprint density at radius 3 is 2.58 bits per heavy atom. The summed E-state index contributed by atoms with van der Waals surface area (Å²) in [6, 6.07) is 3.42. The van der Waals surface area contributed by atoms with Gasteiger partial charge in [0.15, 0.2) is 0 Å². The summed E-state index contributed by atoms with van der Waals surface area (Å²) in [6.45, 7) is 6.19. The van der Waals surface area contributed by atoms with Crippen molar-refractivity contribution in [3.8, 4) is 5.75 Å². The summed E-state index contributed by atoms with van der Waals surface area (Å²) in [6.07, 6.45) is 0. The molecule has 0 aliphatic rings. The SMILES string of the molecule is CC.CCOC(=O)CNc1cc(Cl)c(Br)cc1OC. The summed E-state index contributed by atoms with van der Waals surface area (Å²) < 4.78 is 10.7. The fourth-order valence-electron chi connectivity index (χ4n) is 1.22. The molecule has 1 aromatic carbocycles. The first-order valence-electron chi connectivity index (χ1n) is 6.01. The summed E-state index contributed by atoms with van der Waals surface area (Å²) in [5.41, 5.74) is 0.647. The molecule has 0 saturated heterocycles. The highest BCUT2D eigenvalue weighted by Gasteiger charge is 2.09. The average molecular weight is 353 g/mol. The molecule has 1 rings (SSSR count). The summed E-state index contributed by atoms with van der Waals surface area (Å²) in [5.74, 6) is 0.277. The van der Waals surface area contributed by atoms with Crippen molar-refractivity contribution in [2.24, 2.45) is 0 Å². The molecule has 0 heterocycles. The quantitative estimate of drug-likeness (QED) is 0.810. The van der Waals surface area contributed by atoms with Gasteiger partial charge in [-0.25, -0.2) is 0 Å². The molecule has 108 valence electrons. The second-order valence-electron chi connectivity index (χ2n) is 3.13. The van der Waals surface area contributed by atoms with Gasteiger partial charge in [-0.05, 0) is 35.0 Å². The van der Waals surface area contributed by atoms with Gasteiger partial charge in [0.2, 0.25) is 0 Å². The van der Waals surface area contributed by atoms with E-state index in [9.17, 15) is 4.79 Å². The number of esters is 1. The van der Waals surface area contributed by atoms with Gasteiger partial charge >= 0.3 is 5.97 Å². The van der Waals surface area contributed by atoms with Gasteiger partial charge in [0, 0.05) is 4.47 Å². The van der Waals surface area contributed by atoms with Crippen LogP contribution in [0.25, 0.3) is 0 Å². The Labute approximate surface area is 127 Å². The molecule has 6 heteroatoms. The number of methoxy groups -OCH3 is 1. The van der Waals surface area contributed by atoms with E-state index in [2.05, 4.69) is 21.2 Å². The van der Waals surface area contributed by atoms with Crippen molar-refractivity contribution in [1.29, 1.82) is 0 Å².